The van der Waals surface area contributed by atoms with E-state index in [-0.39, 0.29) is 28.6 Å². The molecule has 2 saturated heterocycles. The fourth-order valence-corrected chi connectivity index (χ4v) is 6.13. The second kappa shape index (κ2) is 8.40. The highest BCUT2D eigenvalue weighted by Crippen LogP contribution is 2.59. The maximum absolute atomic E-state index is 13.1. The average molecular weight is 439 g/mol. The van der Waals surface area contributed by atoms with Crippen LogP contribution in [-0.2, 0) is 14.9 Å². The third-order valence-electron chi connectivity index (χ3n) is 7.76. The van der Waals surface area contributed by atoms with Crippen molar-refractivity contribution in [1.29, 1.82) is 0 Å². The van der Waals surface area contributed by atoms with Crippen LogP contribution in [-0.4, -0.2) is 49.6 Å². The van der Waals surface area contributed by atoms with Crippen molar-refractivity contribution in [3.05, 3.63) is 58.3 Å². The first-order valence-electron chi connectivity index (χ1n) is 11.3. The predicted molar refractivity (Wildman–Crippen MR) is 121 cm³/mol. The van der Waals surface area contributed by atoms with Crippen molar-refractivity contribution >= 4 is 23.2 Å². The highest BCUT2D eigenvalue weighted by Gasteiger charge is 2.58. The number of hydrogen-bond donors (Lipinski definition) is 1. The van der Waals surface area contributed by atoms with Gasteiger partial charge in [0.25, 0.3) is 5.91 Å². The Bertz CT molecular complexity index is 914. The summed E-state index contributed by atoms with van der Waals surface area (Å²) in [6.07, 6.45) is 4.69. The summed E-state index contributed by atoms with van der Waals surface area (Å²) in [4.78, 5) is 27.6. The zero-order chi connectivity index (χ0) is 21.3. The van der Waals surface area contributed by atoms with Crippen LogP contribution >= 0.6 is 11.3 Å². The topological polar surface area (TPSA) is 58.6 Å². The maximum atomic E-state index is 13.1. The Hall–Kier alpha value is -2.18. The lowest BCUT2D eigenvalue weighted by molar-refractivity contribution is -0.123. The molecular formula is C25H30N2O3S. The molecule has 2 aliphatic heterocycles. The van der Waals surface area contributed by atoms with Gasteiger partial charge in [-0.2, -0.15) is 11.3 Å². The number of carbonyl (C=O) groups is 2. The molecule has 2 aromatic rings. The molecule has 1 atom stereocenters. The van der Waals surface area contributed by atoms with Crippen LogP contribution in [0.4, 0.5) is 0 Å². The van der Waals surface area contributed by atoms with Gasteiger partial charge in [-0.25, -0.2) is 0 Å². The first-order valence-corrected chi connectivity index (χ1v) is 12.3. The van der Waals surface area contributed by atoms with Gasteiger partial charge in [-0.05, 0) is 54.5 Å². The van der Waals surface area contributed by atoms with Gasteiger partial charge < -0.3 is 15.0 Å². The lowest BCUT2D eigenvalue weighted by Crippen LogP contribution is -2.46. The van der Waals surface area contributed by atoms with Crippen LogP contribution in [0.3, 0.4) is 0 Å². The fraction of sp³-hybridized carbons (Fsp3) is 0.520. The molecule has 1 aromatic carbocycles. The standard InChI is InChI=1S/C25H30N2O3S/c28-22(26-18-25(9-13-30-14-10-25)20-4-2-1-3-5-20)21-16-24(21)7-11-27(12-8-24)23(29)19-6-15-31-17-19/h1-6,15,17,21H,7-14,16,18H2,(H,26,28). The van der Waals surface area contributed by atoms with Crippen LogP contribution in [0.2, 0.25) is 0 Å². The Labute approximate surface area is 187 Å². The third kappa shape index (κ3) is 4.03. The lowest BCUT2D eigenvalue weighted by atomic mass is 9.74. The number of carbonyl (C=O) groups excluding carboxylic acids is 2. The number of nitrogens with zero attached hydrogens (tertiary/aromatic N) is 1. The summed E-state index contributed by atoms with van der Waals surface area (Å²) in [5, 5.41) is 7.17. The molecule has 0 radical (unpaired) electrons. The molecule has 31 heavy (non-hydrogen) atoms. The van der Waals surface area contributed by atoms with Gasteiger partial charge in [-0.15, -0.1) is 0 Å². The molecule has 3 heterocycles. The fourth-order valence-electron chi connectivity index (χ4n) is 5.50. The Balaban J connectivity index is 1.17. The van der Waals surface area contributed by atoms with E-state index in [4.69, 9.17) is 4.74 Å². The predicted octanol–water partition coefficient (Wildman–Crippen LogP) is 3.86. The van der Waals surface area contributed by atoms with Crippen molar-refractivity contribution in [1.82, 2.24) is 10.2 Å². The number of hydrogen-bond acceptors (Lipinski definition) is 4. The zero-order valence-corrected chi connectivity index (χ0v) is 18.7. The summed E-state index contributed by atoms with van der Waals surface area (Å²) in [5.41, 5.74) is 2.15. The van der Waals surface area contributed by atoms with E-state index in [1.54, 1.807) is 11.3 Å². The summed E-state index contributed by atoms with van der Waals surface area (Å²) < 4.78 is 5.61. The van der Waals surface area contributed by atoms with Gasteiger partial charge in [0.2, 0.25) is 5.91 Å². The van der Waals surface area contributed by atoms with Gasteiger partial charge in [-0.1, -0.05) is 30.3 Å². The molecule has 1 saturated carbocycles. The molecule has 5 nitrogen and oxygen atoms in total. The smallest absolute Gasteiger partial charge is 0.254 e. The van der Waals surface area contributed by atoms with Crippen molar-refractivity contribution in [2.24, 2.45) is 11.3 Å². The molecule has 1 N–H and O–H groups in total. The molecule has 1 aromatic heterocycles. The number of amides is 2. The first kappa shape index (κ1) is 20.7. The molecule has 6 heteroatoms. The molecule has 164 valence electrons. The van der Waals surface area contributed by atoms with Crippen molar-refractivity contribution in [2.75, 3.05) is 32.8 Å². The first-order chi connectivity index (χ1) is 15.1. The molecule has 3 aliphatic rings. The largest absolute Gasteiger partial charge is 0.381 e. The highest BCUT2D eigenvalue weighted by atomic mass is 32.1. The van der Waals surface area contributed by atoms with Gasteiger partial charge in [-0.3, -0.25) is 9.59 Å². The molecule has 5 rings (SSSR count). The van der Waals surface area contributed by atoms with Gasteiger partial charge in [0.05, 0.1) is 5.56 Å². The minimum Gasteiger partial charge on any atom is -0.381 e. The van der Waals surface area contributed by atoms with Crippen LogP contribution < -0.4 is 5.32 Å². The van der Waals surface area contributed by atoms with E-state index >= 15 is 0 Å². The Kier molecular flexibility index (Phi) is 5.61. The second-order valence-corrected chi connectivity index (χ2v) is 10.2. The van der Waals surface area contributed by atoms with Gasteiger partial charge in [0, 0.05) is 49.6 Å². The van der Waals surface area contributed by atoms with E-state index in [9.17, 15) is 9.59 Å². The number of likely N-dealkylation sites (tertiary alicyclic amines) is 1. The number of piperidine rings is 1. The lowest BCUT2D eigenvalue weighted by Gasteiger charge is -2.38. The SMILES string of the molecule is O=C(NCC1(c2ccccc2)CCOCC1)C1CC12CCN(C(=O)c1ccsc1)CC2. The minimum absolute atomic E-state index is 0.0342. The van der Waals surface area contributed by atoms with Crippen LogP contribution in [0.1, 0.15) is 48.0 Å². The van der Waals surface area contributed by atoms with E-state index < -0.39 is 0 Å². The quantitative estimate of drug-likeness (QED) is 0.771. The van der Waals surface area contributed by atoms with Gasteiger partial charge in [0.15, 0.2) is 0 Å². The van der Waals surface area contributed by atoms with E-state index in [0.29, 0.717) is 6.54 Å². The Morgan fingerprint density at radius 3 is 2.48 bits per heavy atom. The molecule has 1 spiro atoms. The normalized spacial score (nSPS) is 24.0. The number of nitrogens with one attached hydrogen (secondary N) is 1. The van der Waals surface area contributed by atoms with E-state index in [1.165, 1.54) is 5.56 Å². The van der Waals surface area contributed by atoms with Crippen molar-refractivity contribution < 1.29 is 14.3 Å². The summed E-state index contributed by atoms with van der Waals surface area (Å²) in [5.74, 6) is 0.417. The van der Waals surface area contributed by atoms with E-state index in [2.05, 4.69) is 29.6 Å². The third-order valence-corrected chi connectivity index (χ3v) is 8.44. The van der Waals surface area contributed by atoms with Crippen LogP contribution in [0.5, 0.6) is 0 Å². The maximum Gasteiger partial charge on any atom is 0.254 e. The molecule has 2 amide bonds. The van der Waals surface area contributed by atoms with Crippen LogP contribution in [0.25, 0.3) is 0 Å². The number of benzene rings is 1. The van der Waals surface area contributed by atoms with Crippen LogP contribution in [0.15, 0.2) is 47.2 Å². The average Bonchev–Trinajstić information content (AvgIpc) is 3.24. The van der Waals surface area contributed by atoms with Crippen molar-refractivity contribution in [3.63, 3.8) is 0 Å². The zero-order valence-electron chi connectivity index (χ0n) is 17.8. The van der Waals surface area contributed by atoms with Crippen molar-refractivity contribution in [2.45, 2.75) is 37.5 Å². The molecule has 1 aliphatic carbocycles. The highest BCUT2D eigenvalue weighted by molar-refractivity contribution is 7.08. The molecular weight excluding hydrogens is 408 g/mol. The van der Waals surface area contributed by atoms with Gasteiger partial charge >= 0.3 is 0 Å². The van der Waals surface area contributed by atoms with Gasteiger partial charge in [0.1, 0.15) is 0 Å². The summed E-state index contributed by atoms with van der Waals surface area (Å²) in [6, 6.07) is 12.4. The van der Waals surface area contributed by atoms with Crippen LogP contribution in [0, 0.1) is 11.3 Å². The summed E-state index contributed by atoms with van der Waals surface area (Å²) in [7, 11) is 0. The molecule has 1 unspecified atom stereocenters. The van der Waals surface area contributed by atoms with E-state index in [0.717, 1.165) is 64.0 Å². The Morgan fingerprint density at radius 1 is 1.06 bits per heavy atom. The summed E-state index contributed by atoms with van der Waals surface area (Å²) in [6.45, 7) is 3.67. The van der Waals surface area contributed by atoms with E-state index in [1.807, 2.05) is 27.8 Å². The minimum atomic E-state index is -0.0342. The molecule has 0 bridgehead atoms. The monoisotopic (exact) mass is 438 g/mol. The number of thiophene rings is 1. The number of ether oxygens (including phenoxy) is 1. The summed E-state index contributed by atoms with van der Waals surface area (Å²) >= 11 is 1.56. The number of rotatable bonds is 5. The molecule has 3 fully saturated rings. The van der Waals surface area contributed by atoms with Crippen molar-refractivity contribution in [3.8, 4) is 0 Å². The Morgan fingerprint density at radius 2 is 1.81 bits per heavy atom. The second-order valence-electron chi connectivity index (χ2n) is 9.40.